The Labute approximate surface area is 126 Å². The molecule has 0 unspecified atom stereocenters. The minimum absolute atomic E-state index is 0.752. The van der Waals surface area contributed by atoms with E-state index in [1.54, 1.807) is 14.2 Å². The van der Waals surface area contributed by atoms with Crippen LogP contribution in [0.15, 0.2) is 42.5 Å². The Morgan fingerprint density at radius 1 is 0.857 bits per heavy atom. The normalized spacial score (nSPS) is 10.4. The Hall–Kier alpha value is -2.00. The average molecular weight is 285 g/mol. The summed E-state index contributed by atoms with van der Waals surface area (Å²) >= 11 is 0. The zero-order chi connectivity index (χ0) is 15.1. The molecule has 2 aromatic rings. The lowest BCUT2D eigenvalue weighted by Gasteiger charge is -2.10. The van der Waals surface area contributed by atoms with Gasteiger partial charge >= 0.3 is 0 Å². The third kappa shape index (κ3) is 3.99. The van der Waals surface area contributed by atoms with Crippen LogP contribution in [-0.4, -0.2) is 20.8 Å². The number of ether oxygens (including phenoxy) is 2. The van der Waals surface area contributed by atoms with Gasteiger partial charge in [0.2, 0.25) is 0 Å². The number of nitrogens with one attached hydrogen (secondary N) is 1. The third-order valence-corrected chi connectivity index (χ3v) is 3.43. The average Bonchev–Trinajstić information content (AvgIpc) is 2.55. The number of rotatable bonds is 7. The second-order valence-corrected chi connectivity index (χ2v) is 4.94. The SMILES string of the molecule is CCCNCc1ccc(-c2ccc(OC)c(OC)c2)cc1. The van der Waals surface area contributed by atoms with Crippen LogP contribution in [0.3, 0.4) is 0 Å². The first kappa shape index (κ1) is 15.4. The van der Waals surface area contributed by atoms with Crippen LogP contribution >= 0.6 is 0 Å². The molecule has 3 heteroatoms. The number of hydrogen-bond acceptors (Lipinski definition) is 3. The van der Waals surface area contributed by atoms with E-state index in [4.69, 9.17) is 9.47 Å². The summed E-state index contributed by atoms with van der Waals surface area (Å²) in [5.74, 6) is 1.50. The molecule has 0 aliphatic carbocycles. The van der Waals surface area contributed by atoms with Gasteiger partial charge in [0.25, 0.3) is 0 Å². The van der Waals surface area contributed by atoms with Crippen molar-refractivity contribution in [1.82, 2.24) is 5.32 Å². The maximum atomic E-state index is 5.35. The molecule has 0 heterocycles. The van der Waals surface area contributed by atoms with Crippen molar-refractivity contribution in [3.8, 4) is 22.6 Å². The van der Waals surface area contributed by atoms with Gasteiger partial charge in [-0.2, -0.15) is 0 Å². The molecule has 21 heavy (non-hydrogen) atoms. The van der Waals surface area contributed by atoms with Crippen molar-refractivity contribution >= 4 is 0 Å². The molecule has 0 aromatic heterocycles. The predicted octanol–water partition coefficient (Wildman–Crippen LogP) is 3.87. The van der Waals surface area contributed by atoms with Crippen LogP contribution in [0.5, 0.6) is 11.5 Å². The van der Waals surface area contributed by atoms with E-state index in [0.29, 0.717) is 0 Å². The molecule has 1 N–H and O–H groups in total. The molecule has 0 bridgehead atoms. The highest BCUT2D eigenvalue weighted by atomic mass is 16.5. The highest BCUT2D eigenvalue weighted by Crippen LogP contribution is 2.32. The molecule has 0 saturated heterocycles. The van der Waals surface area contributed by atoms with Crippen LogP contribution in [-0.2, 0) is 6.54 Å². The Bertz CT molecular complexity index is 564. The largest absolute Gasteiger partial charge is 0.493 e. The van der Waals surface area contributed by atoms with Crippen molar-refractivity contribution in [1.29, 1.82) is 0 Å². The molecule has 0 radical (unpaired) electrons. The molecule has 3 nitrogen and oxygen atoms in total. The van der Waals surface area contributed by atoms with E-state index in [1.807, 2.05) is 18.2 Å². The van der Waals surface area contributed by atoms with Gasteiger partial charge in [0.05, 0.1) is 14.2 Å². The smallest absolute Gasteiger partial charge is 0.161 e. The molecular weight excluding hydrogens is 262 g/mol. The molecule has 112 valence electrons. The quantitative estimate of drug-likeness (QED) is 0.783. The van der Waals surface area contributed by atoms with Crippen molar-refractivity contribution in [2.75, 3.05) is 20.8 Å². The van der Waals surface area contributed by atoms with Crippen molar-refractivity contribution in [3.63, 3.8) is 0 Å². The molecule has 2 aromatic carbocycles. The second kappa shape index (κ2) is 7.70. The Morgan fingerprint density at radius 2 is 1.52 bits per heavy atom. The summed E-state index contributed by atoms with van der Waals surface area (Å²) in [7, 11) is 3.31. The zero-order valence-electron chi connectivity index (χ0n) is 13.0. The van der Waals surface area contributed by atoms with E-state index in [9.17, 15) is 0 Å². The van der Waals surface area contributed by atoms with Crippen LogP contribution in [0.25, 0.3) is 11.1 Å². The van der Waals surface area contributed by atoms with Crippen molar-refractivity contribution < 1.29 is 9.47 Å². The van der Waals surface area contributed by atoms with Gasteiger partial charge in [0.1, 0.15) is 0 Å². The predicted molar refractivity (Wildman–Crippen MR) is 87.0 cm³/mol. The van der Waals surface area contributed by atoms with E-state index in [-0.39, 0.29) is 0 Å². The van der Waals surface area contributed by atoms with Crippen LogP contribution in [0.4, 0.5) is 0 Å². The van der Waals surface area contributed by atoms with Gasteiger partial charge in [-0.3, -0.25) is 0 Å². The van der Waals surface area contributed by atoms with Gasteiger partial charge in [-0.05, 0) is 41.8 Å². The van der Waals surface area contributed by atoms with Gasteiger partial charge in [-0.25, -0.2) is 0 Å². The lowest BCUT2D eigenvalue weighted by molar-refractivity contribution is 0.355. The Kier molecular flexibility index (Phi) is 5.64. The molecule has 0 amide bonds. The minimum atomic E-state index is 0.752. The zero-order valence-corrected chi connectivity index (χ0v) is 13.0. The minimum Gasteiger partial charge on any atom is -0.493 e. The van der Waals surface area contributed by atoms with Crippen molar-refractivity contribution in [2.45, 2.75) is 19.9 Å². The summed E-state index contributed by atoms with van der Waals surface area (Å²) in [6.45, 7) is 4.14. The first-order valence-corrected chi connectivity index (χ1v) is 7.30. The molecule has 2 rings (SSSR count). The number of hydrogen-bond donors (Lipinski definition) is 1. The van der Waals surface area contributed by atoms with Gasteiger partial charge in [-0.15, -0.1) is 0 Å². The van der Waals surface area contributed by atoms with E-state index in [0.717, 1.165) is 36.6 Å². The lowest BCUT2D eigenvalue weighted by Crippen LogP contribution is -2.13. The number of methoxy groups -OCH3 is 2. The summed E-state index contributed by atoms with van der Waals surface area (Å²) in [4.78, 5) is 0. The Morgan fingerprint density at radius 3 is 2.14 bits per heavy atom. The van der Waals surface area contributed by atoms with Crippen molar-refractivity contribution in [2.24, 2.45) is 0 Å². The van der Waals surface area contributed by atoms with E-state index < -0.39 is 0 Å². The molecule has 0 atom stereocenters. The molecule has 0 saturated carbocycles. The maximum absolute atomic E-state index is 5.35. The summed E-state index contributed by atoms with van der Waals surface area (Å²) in [5.41, 5.74) is 3.60. The summed E-state index contributed by atoms with van der Waals surface area (Å²) < 4.78 is 10.6. The fourth-order valence-corrected chi connectivity index (χ4v) is 2.24. The molecule has 0 spiro atoms. The second-order valence-electron chi connectivity index (χ2n) is 4.94. The topological polar surface area (TPSA) is 30.5 Å². The molecule has 0 aliphatic rings. The van der Waals surface area contributed by atoms with Gasteiger partial charge < -0.3 is 14.8 Å². The van der Waals surface area contributed by atoms with Crippen LogP contribution < -0.4 is 14.8 Å². The van der Waals surface area contributed by atoms with E-state index in [2.05, 4.69) is 36.5 Å². The third-order valence-electron chi connectivity index (χ3n) is 3.43. The van der Waals surface area contributed by atoms with Crippen molar-refractivity contribution in [3.05, 3.63) is 48.0 Å². The maximum Gasteiger partial charge on any atom is 0.161 e. The highest BCUT2D eigenvalue weighted by Gasteiger charge is 2.06. The fraction of sp³-hybridized carbons (Fsp3) is 0.333. The monoisotopic (exact) mass is 285 g/mol. The Balaban J connectivity index is 2.14. The standard InChI is InChI=1S/C18H23NO2/c1-4-11-19-13-14-5-7-15(8-6-14)16-9-10-17(20-2)18(12-16)21-3/h5-10,12,19H,4,11,13H2,1-3H3. The molecular formula is C18H23NO2. The lowest BCUT2D eigenvalue weighted by atomic mass is 10.0. The summed E-state index contributed by atoms with van der Waals surface area (Å²) in [5, 5.41) is 3.41. The van der Waals surface area contributed by atoms with Gasteiger partial charge in [0, 0.05) is 6.54 Å². The van der Waals surface area contributed by atoms with Gasteiger partial charge in [-0.1, -0.05) is 37.3 Å². The first-order valence-electron chi connectivity index (χ1n) is 7.30. The first-order chi connectivity index (χ1) is 10.3. The molecule has 0 fully saturated rings. The number of benzene rings is 2. The van der Waals surface area contributed by atoms with Crippen LogP contribution in [0.1, 0.15) is 18.9 Å². The van der Waals surface area contributed by atoms with Crippen LogP contribution in [0, 0.1) is 0 Å². The van der Waals surface area contributed by atoms with Gasteiger partial charge in [0.15, 0.2) is 11.5 Å². The fourth-order valence-electron chi connectivity index (χ4n) is 2.24. The van der Waals surface area contributed by atoms with Crippen LogP contribution in [0.2, 0.25) is 0 Å². The highest BCUT2D eigenvalue weighted by molar-refractivity contribution is 5.67. The molecule has 0 aliphatic heterocycles. The van der Waals surface area contributed by atoms with E-state index in [1.165, 1.54) is 11.1 Å². The van der Waals surface area contributed by atoms with E-state index >= 15 is 0 Å². The summed E-state index contributed by atoms with van der Waals surface area (Å²) in [6, 6.07) is 14.6. The summed E-state index contributed by atoms with van der Waals surface area (Å²) in [6.07, 6.45) is 1.16.